The minimum Gasteiger partial charge on any atom is -0.393 e. The highest BCUT2D eigenvalue weighted by atomic mass is 16.3. The first-order valence-electron chi connectivity index (χ1n) is 11.7. The Labute approximate surface area is 182 Å². The molecule has 1 aromatic carbocycles. The quantitative estimate of drug-likeness (QED) is 0.827. The minimum absolute atomic E-state index is 0.0203. The van der Waals surface area contributed by atoms with Crippen molar-refractivity contribution in [3.8, 4) is 0 Å². The van der Waals surface area contributed by atoms with E-state index in [-0.39, 0.29) is 11.5 Å². The topological polar surface area (TPSA) is 69.6 Å². The lowest BCUT2D eigenvalue weighted by atomic mass is 9.10. The second-order valence-corrected chi connectivity index (χ2v) is 10.3. The molecular weight excluding hydrogens is 388 g/mol. The number of carbonyl (C=O) groups excluding carboxylic acids is 1. The van der Waals surface area contributed by atoms with Crippen LogP contribution in [0.3, 0.4) is 0 Å². The van der Waals surface area contributed by atoms with Crippen molar-refractivity contribution in [1.82, 2.24) is 14.9 Å². The molecule has 31 heavy (non-hydrogen) atoms. The molecule has 2 aromatic rings. The molecule has 4 aliphatic carbocycles. The van der Waals surface area contributed by atoms with E-state index < -0.39 is 0 Å². The highest BCUT2D eigenvalue weighted by Gasteiger charge is 2.92. The average Bonchev–Trinajstić information content (AvgIpc) is 2.78. The Morgan fingerprint density at radius 3 is 2.39 bits per heavy atom. The molecule has 0 radical (unpaired) electrons. The number of hydrogen-bond acceptors (Lipinski definition) is 5. The van der Waals surface area contributed by atoms with Crippen LogP contribution in [0.25, 0.3) is 0 Å². The number of piperazine rings is 1. The number of aromatic nitrogens is 2. The van der Waals surface area contributed by atoms with Gasteiger partial charge in [-0.15, -0.1) is 0 Å². The van der Waals surface area contributed by atoms with Gasteiger partial charge in [-0.25, -0.2) is 4.98 Å². The van der Waals surface area contributed by atoms with Gasteiger partial charge in [0, 0.05) is 50.4 Å². The number of rotatable bonds is 4. The first-order valence-corrected chi connectivity index (χ1v) is 11.7. The second kappa shape index (κ2) is 6.06. The fourth-order valence-corrected chi connectivity index (χ4v) is 8.55. The molecule has 6 heteroatoms. The molecule has 0 bridgehead atoms. The zero-order valence-corrected chi connectivity index (χ0v) is 17.6. The summed E-state index contributed by atoms with van der Waals surface area (Å²) in [6.45, 7) is 3.08. The molecule has 1 amide bonds. The SMILES string of the molecule is O=C(CC1(c2ccccc2)C2CC3C(O)C4CC1C342)N1CCN(c2cnccn2)CC1. The van der Waals surface area contributed by atoms with E-state index in [2.05, 4.69) is 50.1 Å². The van der Waals surface area contributed by atoms with Gasteiger partial charge in [-0.1, -0.05) is 30.3 Å². The number of nitrogens with zero attached hydrogens (tertiary/aromatic N) is 4. The molecule has 1 spiro atoms. The van der Waals surface area contributed by atoms with E-state index in [1.165, 1.54) is 5.56 Å². The van der Waals surface area contributed by atoms with Crippen molar-refractivity contribution in [3.05, 3.63) is 54.5 Å². The van der Waals surface area contributed by atoms with Crippen LogP contribution in [0.15, 0.2) is 48.9 Å². The van der Waals surface area contributed by atoms with Crippen LogP contribution in [-0.2, 0) is 10.2 Å². The number of hydrogen-bond donors (Lipinski definition) is 1. The van der Waals surface area contributed by atoms with Gasteiger partial charge in [-0.05, 0) is 47.5 Å². The molecule has 5 fully saturated rings. The Morgan fingerprint density at radius 1 is 1.03 bits per heavy atom. The Hall–Kier alpha value is -2.47. The van der Waals surface area contributed by atoms with E-state index in [4.69, 9.17) is 0 Å². The summed E-state index contributed by atoms with van der Waals surface area (Å²) in [5, 5.41) is 10.4. The van der Waals surface area contributed by atoms with Crippen LogP contribution in [0.5, 0.6) is 0 Å². The van der Waals surface area contributed by atoms with Gasteiger partial charge in [0.25, 0.3) is 0 Å². The van der Waals surface area contributed by atoms with Crippen molar-refractivity contribution in [1.29, 1.82) is 0 Å². The number of aliphatic hydroxyl groups is 1. The zero-order chi connectivity index (χ0) is 20.8. The molecule has 7 rings (SSSR count). The Bertz CT molecular complexity index is 996. The molecule has 6 nitrogen and oxygen atoms in total. The van der Waals surface area contributed by atoms with Gasteiger partial charge in [-0.2, -0.15) is 0 Å². The summed E-state index contributed by atoms with van der Waals surface area (Å²) in [6, 6.07) is 10.8. The summed E-state index contributed by atoms with van der Waals surface area (Å²) in [7, 11) is 0. The highest BCUT2D eigenvalue weighted by Crippen LogP contribution is 2.93. The lowest BCUT2D eigenvalue weighted by Crippen LogP contribution is -2.93. The van der Waals surface area contributed by atoms with Crippen LogP contribution >= 0.6 is 0 Å². The Kier molecular flexibility index (Phi) is 3.55. The van der Waals surface area contributed by atoms with Gasteiger partial charge in [0.2, 0.25) is 5.91 Å². The molecule has 1 aromatic heterocycles. The maximum atomic E-state index is 13.6. The molecule has 4 unspecified atom stereocenters. The van der Waals surface area contributed by atoms with Gasteiger partial charge >= 0.3 is 0 Å². The van der Waals surface area contributed by atoms with E-state index in [1.54, 1.807) is 18.6 Å². The largest absolute Gasteiger partial charge is 0.393 e. The number of amides is 1. The van der Waals surface area contributed by atoms with E-state index in [0.29, 0.717) is 41.4 Å². The summed E-state index contributed by atoms with van der Waals surface area (Å²) in [6.07, 6.45) is 7.93. The molecule has 2 heterocycles. The summed E-state index contributed by atoms with van der Waals surface area (Å²) in [5.74, 6) is 3.34. The lowest BCUT2D eigenvalue weighted by molar-refractivity contribution is -0.457. The minimum atomic E-state index is -0.0776. The van der Waals surface area contributed by atoms with Crippen molar-refractivity contribution in [3.63, 3.8) is 0 Å². The molecule has 4 atom stereocenters. The van der Waals surface area contributed by atoms with E-state index in [9.17, 15) is 9.90 Å². The standard InChI is InChI=1S/C25H28N4O2/c30-22(29-10-8-28(9-11-29)21-15-26-6-7-27-21)14-24(16-4-2-1-3-5-16)19-12-17-23(31)18-13-20(24)25(17,18)19/h1-7,15,17-20,23,31H,8-14H2. The van der Waals surface area contributed by atoms with Crippen molar-refractivity contribution in [2.75, 3.05) is 31.1 Å². The summed E-state index contributed by atoms with van der Waals surface area (Å²) in [4.78, 5) is 26.4. The second-order valence-electron chi connectivity index (χ2n) is 10.3. The van der Waals surface area contributed by atoms with Gasteiger partial charge in [0.15, 0.2) is 0 Å². The van der Waals surface area contributed by atoms with Crippen molar-refractivity contribution < 1.29 is 9.90 Å². The molecule has 1 N–H and O–H groups in total. The monoisotopic (exact) mass is 416 g/mol. The fourth-order valence-electron chi connectivity index (χ4n) is 8.55. The van der Waals surface area contributed by atoms with Crippen molar-refractivity contribution in [2.24, 2.45) is 29.1 Å². The lowest BCUT2D eigenvalue weighted by Gasteiger charge is -2.93. The van der Waals surface area contributed by atoms with Gasteiger partial charge < -0.3 is 14.9 Å². The summed E-state index contributed by atoms with van der Waals surface area (Å²) in [5.41, 5.74) is 1.70. The first kappa shape index (κ1) is 18.1. The predicted octanol–water partition coefficient (Wildman–Crippen LogP) is 2.10. The van der Waals surface area contributed by atoms with Crippen LogP contribution in [-0.4, -0.2) is 58.2 Å². The van der Waals surface area contributed by atoms with Crippen LogP contribution in [0, 0.1) is 29.1 Å². The molecule has 1 aliphatic heterocycles. The van der Waals surface area contributed by atoms with E-state index >= 15 is 0 Å². The third kappa shape index (κ3) is 2.01. The Morgan fingerprint density at radius 2 is 1.74 bits per heavy atom. The van der Waals surface area contributed by atoms with Gasteiger partial charge in [0.1, 0.15) is 5.82 Å². The Balaban J connectivity index is 1.11. The van der Waals surface area contributed by atoms with Crippen LogP contribution in [0.4, 0.5) is 5.82 Å². The van der Waals surface area contributed by atoms with Crippen LogP contribution in [0.2, 0.25) is 0 Å². The van der Waals surface area contributed by atoms with Crippen molar-refractivity contribution >= 4 is 11.7 Å². The zero-order valence-electron chi connectivity index (χ0n) is 17.6. The molecule has 4 saturated carbocycles. The molecule has 160 valence electrons. The summed E-state index contributed by atoms with van der Waals surface area (Å²) < 4.78 is 0. The number of carbonyl (C=O) groups is 1. The summed E-state index contributed by atoms with van der Waals surface area (Å²) >= 11 is 0. The van der Waals surface area contributed by atoms with E-state index in [1.807, 2.05) is 0 Å². The predicted molar refractivity (Wildman–Crippen MR) is 115 cm³/mol. The number of anilines is 1. The highest BCUT2D eigenvalue weighted by molar-refractivity contribution is 5.79. The number of aliphatic hydroxyl groups excluding tert-OH is 1. The first-order chi connectivity index (χ1) is 15.2. The van der Waals surface area contributed by atoms with E-state index in [0.717, 1.165) is 44.8 Å². The van der Waals surface area contributed by atoms with Crippen molar-refractivity contribution in [2.45, 2.75) is 30.8 Å². The molecular formula is C25H28N4O2. The smallest absolute Gasteiger partial charge is 0.223 e. The fraction of sp³-hybridized carbons (Fsp3) is 0.560. The third-order valence-corrected chi connectivity index (χ3v) is 9.80. The maximum Gasteiger partial charge on any atom is 0.223 e. The maximum absolute atomic E-state index is 13.6. The molecule has 5 aliphatic rings. The average molecular weight is 417 g/mol. The molecule has 1 saturated heterocycles. The van der Waals surface area contributed by atoms with Gasteiger partial charge in [0.05, 0.1) is 12.3 Å². The van der Waals surface area contributed by atoms with Gasteiger partial charge in [-0.3, -0.25) is 9.78 Å². The third-order valence-electron chi connectivity index (χ3n) is 9.80. The number of benzene rings is 1. The van der Waals surface area contributed by atoms with Crippen LogP contribution < -0.4 is 4.90 Å². The normalized spacial score (nSPS) is 41.6. The van der Waals surface area contributed by atoms with Crippen LogP contribution in [0.1, 0.15) is 24.8 Å².